The molecule has 1 aromatic rings. The smallest absolute Gasteiger partial charge is 0.323 e. The molecule has 1 aromatic carbocycles. The second-order valence-corrected chi connectivity index (χ2v) is 2.95. The van der Waals surface area contributed by atoms with Crippen LogP contribution in [0.2, 0.25) is 0 Å². The van der Waals surface area contributed by atoms with E-state index in [4.69, 9.17) is 5.11 Å². The number of halogens is 3. The Kier molecular flexibility index (Phi) is 3.91. The number of nitrogens with one attached hydrogen (secondary N) is 2. The van der Waals surface area contributed by atoms with Gasteiger partial charge in [-0.05, 0) is 0 Å². The molecule has 0 aromatic heterocycles. The molecule has 0 radical (unpaired) electrons. The number of aliphatic carboxylic acids is 1. The maximum Gasteiger partial charge on any atom is 0.323 e. The third kappa shape index (κ3) is 3.67. The summed E-state index contributed by atoms with van der Waals surface area (Å²) in [5.41, 5.74) is -0.853. The van der Waals surface area contributed by atoms with Gasteiger partial charge in [0.05, 0.1) is 0 Å². The topological polar surface area (TPSA) is 78.4 Å². The zero-order valence-electron chi connectivity index (χ0n) is 8.26. The quantitative estimate of drug-likeness (QED) is 0.754. The fourth-order valence-corrected chi connectivity index (χ4v) is 0.975. The van der Waals surface area contributed by atoms with Crippen LogP contribution in [0.4, 0.5) is 23.7 Å². The predicted octanol–water partition coefficient (Wildman–Crippen LogP) is 1.31. The molecule has 2 amide bonds. The van der Waals surface area contributed by atoms with E-state index >= 15 is 0 Å². The molecule has 0 bridgehead atoms. The summed E-state index contributed by atoms with van der Waals surface area (Å²) in [5, 5.41) is 11.8. The van der Waals surface area contributed by atoms with Gasteiger partial charge in [0.1, 0.15) is 18.0 Å². The number of urea groups is 1. The molecule has 0 aliphatic rings. The molecule has 0 unspecified atom stereocenters. The summed E-state index contributed by atoms with van der Waals surface area (Å²) in [7, 11) is 0. The molecule has 8 heteroatoms. The Hall–Kier alpha value is -2.25. The van der Waals surface area contributed by atoms with Crippen molar-refractivity contribution in [2.24, 2.45) is 0 Å². The van der Waals surface area contributed by atoms with E-state index in [0.29, 0.717) is 12.1 Å². The summed E-state index contributed by atoms with van der Waals surface area (Å²) in [6.07, 6.45) is 0. The van der Waals surface area contributed by atoms with E-state index in [-0.39, 0.29) is 0 Å². The first-order valence-electron chi connectivity index (χ1n) is 4.31. The van der Waals surface area contributed by atoms with Crippen molar-refractivity contribution in [3.63, 3.8) is 0 Å². The average Bonchev–Trinajstić information content (AvgIpc) is 2.20. The minimum atomic E-state index is -1.32. The van der Waals surface area contributed by atoms with Crippen molar-refractivity contribution in [2.75, 3.05) is 11.9 Å². The molecular formula is C9H7F3N2O3. The number of anilines is 1. The normalized spacial score (nSPS) is 9.82. The molecule has 3 N–H and O–H groups in total. The highest BCUT2D eigenvalue weighted by Gasteiger charge is 2.14. The molecule has 5 nitrogen and oxygen atoms in total. The lowest BCUT2D eigenvalue weighted by Crippen LogP contribution is -2.33. The lowest BCUT2D eigenvalue weighted by Gasteiger charge is -2.07. The van der Waals surface area contributed by atoms with Gasteiger partial charge in [0.25, 0.3) is 0 Å². The Morgan fingerprint density at radius 1 is 1.18 bits per heavy atom. The first kappa shape index (κ1) is 12.8. The zero-order chi connectivity index (χ0) is 13.0. The van der Waals surface area contributed by atoms with Crippen molar-refractivity contribution < 1.29 is 27.9 Å². The summed E-state index contributed by atoms with van der Waals surface area (Å²) < 4.78 is 38.6. The highest BCUT2D eigenvalue weighted by Crippen LogP contribution is 2.19. The van der Waals surface area contributed by atoms with Gasteiger partial charge < -0.3 is 15.7 Å². The summed E-state index contributed by atoms with van der Waals surface area (Å²) in [6, 6.07) is -0.344. The molecule has 0 heterocycles. The standard InChI is InChI=1S/C9H7F3N2O3/c10-4-1-5(11)8(6(12)2-4)14-9(17)13-3-7(15)16/h1-2H,3H2,(H,15,16)(H2,13,14,17). The Labute approximate surface area is 93.2 Å². The SMILES string of the molecule is O=C(O)CNC(=O)Nc1c(F)cc(F)cc1F. The van der Waals surface area contributed by atoms with Gasteiger partial charge in [-0.25, -0.2) is 18.0 Å². The van der Waals surface area contributed by atoms with E-state index in [0.717, 1.165) is 0 Å². The van der Waals surface area contributed by atoms with Crippen LogP contribution in [0.5, 0.6) is 0 Å². The van der Waals surface area contributed by atoms with Crippen molar-refractivity contribution in [3.8, 4) is 0 Å². The van der Waals surface area contributed by atoms with Gasteiger partial charge in [0.2, 0.25) is 0 Å². The molecule has 1 rings (SSSR count). The molecule has 17 heavy (non-hydrogen) atoms. The van der Waals surface area contributed by atoms with E-state index in [1.807, 2.05) is 5.32 Å². The number of amides is 2. The van der Waals surface area contributed by atoms with Crippen LogP contribution in [0.3, 0.4) is 0 Å². The Morgan fingerprint density at radius 2 is 1.71 bits per heavy atom. The number of carbonyl (C=O) groups is 2. The van der Waals surface area contributed by atoms with Crippen molar-refractivity contribution >= 4 is 17.7 Å². The fourth-order valence-electron chi connectivity index (χ4n) is 0.975. The minimum Gasteiger partial charge on any atom is -0.480 e. The summed E-state index contributed by atoms with van der Waals surface area (Å²) >= 11 is 0. The summed E-state index contributed by atoms with van der Waals surface area (Å²) in [6.45, 7) is -0.712. The van der Waals surface area contributed by atoms with Crippen LogP contribution < -0.4 is 10.6 Å². The van der Waals surface area contributed by atoms with Gasteiger partial charge in [-0.3, -0.25) is 4.79 Å². The van der Waals surface area contributed by atoms with Crippen LogP contribution in [0.15, 0.2) is 12.1 Å². The number of hydrogen-bond acceptors (Lipinski definition) is 2. The minimum absolute atomic E-state index is 0.385. The monoisotopic (exact) mass is 248 g/mol. The van der Waals surface area contributed by atoms with Crippen LogP contribution in [0.25, 0.3) is 0 Å². The van der Waals surface area contributed by atoms with E-state index < -0.39 is 41.7 Å². The van der Waals surface area contributed by atoms with E-state index in [1.54, 1.807) is 5.32 Å². The van der Waals surface area contributed by atoms with Crippen molar-refractivity contribution in [1.82, 2.24) is 5.32 Å². The number of carboxylic acids is 1. The van der Waals surface area contributed by atoms with Crippen molar-refractivity contribution in [2.45, 2.75) is 0 Å². The molecule has 0 atom stereocenters. The lowest BCUT2D eigenvalue weighted by atomic mass is 10.3. The third-order valence-corrected chi connectivity index (χ3v) is 1.65. The summed E-state index contributed by atoms with van der Waals surface area (Å²) in [4.78, 5) is 21.1. The Balaban J connectivity index is 2.75. The number of rotatable bonds is 3. The van der Waals surface area contributed by atoms with Gasteiger partial charge >= 0.3 is 12.0 Å². The highest BCUT2D eigenvalue weighted by molar-refractivity contribution is 5.91. The number of carbonyl (C=O) groups excluding carboxylic acids is 1. The summed E-state index contributed by atoms with van der Waals surface area (Å²) in [5.74, 6) is -5.04. The molecule has 92 valence electrons. The van der Waals surface area contributed by atoms with Crippen LogP contribution in [0, 0.1) is 17.5 Å². The second-order valence-electron chi connectivity index (χ2n) is 2.95. The first-order chi connectivity index (χ1) is 7.90. The Bertz CT molecular complexity index is 442. The van der Waals surface area contributed by atoms with E-state index in [9.17, 15) is 22.8 Å². The number of carboxylic acid groups (broad SMARTS) is 1. The van der Waals surface area contributed by atoms with Gasteiger partial charge in [-0.2, -0.15) is 0 Å². The lowest BCUT2D eigenvalue weighted by molar-refractivity contribution is -0.135. The van der Waals surface area contributed by atoms with Gasteiger partial charge in [-0.1, -0.05) is 0 Å². The van der Waals surface area contributed by atoms with Crippen molar-refractivity contribution in [1.29, 1.82) is 0 Å². The van der Waals surface area contributed by atoms with Crippen LogP contribution in [-0.2, 0) is 4.79 Å². The molecule has 0 saturated carbocycles. The predicted molar refractivity (Wildman–Crippen MR) is 51.0 cm³/mol. The first-order valence-corrected chi connectivity index (χ1v) is 4.31. The van der Waals surface area contributed by atoms with Gasteiger partial charge in [0.15, 0.2) is 11.6 Å². The molecule has 0 aliphatic heterocycles. The third-order valence-electron chi connectivity index (χ3n) is 1.65. The number of hydrogen-bond donors (Lipinski definition) is 3. The van der Waals surface area contributed by atoms with Gasteiger partial charge in [0, 0.05) is 12.1 Å². The van der Waals surface area contributed by atoms with Gasteiger partial charge in [-0.15, -0.1) is 0 Å². The largest absolute Gasteiger partial charge is 0.480 e. The average molecular weight is 248 g/mol. The number of benzene rings is 1. The second kappa shape index (κ2) is 5.19. The van der Waals surface area contributed by atoms with Crippen LogP contribution >= 0.6 is 0 Å². The molecule has 0 fully saturated rings. The van der Waals surface area contributed by atoms with Crippen LogP contribution in [-0.4, -0.2) is 23.7 Å². The highest BCUT2D eigenvalue weighted by atomic mass is 19.1. The van der Waals surface area contributed by atoms with Crippen LogP contribution in [0.1, 0.15) is 0 Å². The molecule has 0 spiro atoms. The zero-order valence-corrected chi connectivity index (χ0v) is 8.26. The van der Waals surface area contributed by atoms with Crippen molar-refractivity contribution in [3.05, 3.63) is 29.6 Å². The van der Waals surface area contributed by atoms with E-state index in [2.05, 4.69) is 0 Å². The molecular weight excluding hydrogens is 241 g/mol. The molecule has 0 aliphatic carbocycles. The molecule has 0 saturated heterocycles. The van der Waals surface area contributed by atoms with E-state index in [1.165, 1.54) is 0 Å². The fraction of sp³-hybridized carbons (Fsp3) is 0.111. The maximum absolute atomic E-state index is 13.0. The Morgan fingerprint density at radius 3 is 2.18 bits per heavy atom. The maximum atomic E-state index is 13.0.